The van der Waals surface area contributed by atoms with Crippen LogP contribution in [0.2, 0.25) is 0 Å². The summed E-state index contributed by atoms with van der Waals surface area (Å²) in [5, 5.41) is 0. The molecule has 0 radical (unpaired) electrons. The summed E-state index contributed by atoms with van der Waals surface area (Å²) in [5.41, 5.74) is 1.71. The van der Waals surface area contributed by atoms with E-state index in [1.807, 2.05) is 6.92 Å². The van der Waals surface area contributed by atoms with Gasteiger partial charge in [-0.05, 0) is 25.8 Å². The molecule has 0 saturated carbocycles. The zero-order chi connectivity index (χ0) is 9.30. The maximum atomic E-state index is 11.4. The van der Waals surface area contributed by atoms with Gasteiger partial charge in [-0.1, -0.05) is 5.57 Å². The standard InChI is InChI=1S/C9H12O3/c1-5-4-7(9(11)12-3)8(10)6(5)2/h7H,4H2,1-3H3. The van der Waals surface area contributed by atoms with Gasteiger partial charge in [0.2, 0.25) is 0 Å². The Balaban J connectivity index is 2.80. The van der Waals surface area contributed by atoms with E-state index in [1.165, 1.54) is 7.11 Å². The summed E-state index contributed by atoms with van der Waals surface area (Å²) in [6, 6.07) is 0. The Morgan fingerprint density at radius 2 is 2.08 bits per heavy atom. The average Bonchev–Trinajstić information content (AvgIpc) is 2.32. The van der Waals surface area contributed by atoms with Gasteiger partial charge >= 0.3 is 5.97 Å². The highest BCUT2D eigenvalue weighted by Gasteiger charge is 2.34. The number of Topliss-reactive ketones (excluding diaryl/α,β-unsaturated/α-hetero) is 1. The molecule has 0 fully saturated rings. The monoisotopic (exact) mass is 168 g/mol. The van der Waals surface area contributed by atoms with Gasteiger partial charge in [-0.25, -0.2) is 0 Å². The topological polar surface area (TPSA) is 43.4 Å². The second kappa shape index (κ2) is 3.09. The van der Waals surface area contributed by atoms with Crippen LogP contribution < -0.4 is 0 Å². The molecule has 0 aromatic rings. The minimum absolute atomic E-state index is 0.0839. The molecule has 0 aromatic carbocycles. The summed E-state index contributed by atoms with van der Waals surface area (Å²) in [5.74, 6) is -1.08. The van der Waals surface area contributed by atoms with Crippen LogP contribution in [-0.2, 0) is 14.3 Å². The van der Waals surface area contributed by atoms with Crippen molar-refractivity contribution in [2.75, 3.05) is 7.11 Å². The molecule has 0 saturated heterocycles. The number of allylic oxidation sites excluding steroid dienone is 2. The Hall–Kier alpha value is -1.12. The van der Waals surface area contributed by atoms with Crippen LogP contribution in [0.5, 0.6) is 0 Å². The van der Waals surface area contributed by atoms with Gasteiger partial charge in [-0.3, -0.25) is 9.59 Å². The molecule has 1 unspecified atom stereocenters. The van der Waals surface area contributed by atoms with Crippen molar-refractivity contribution in [3.05, 3.63) is 11.1 Å². The Labute approximate surface area is 71.4 Å². The lowest BCUT2D eigenvalue weighted by Gasteiger charge is -2.04. The first-order valence-corrected chi connectivity index (χ1v) is 3.86. The molecular weight excluding hydrogens is 156 g/mol. The first kappa shape index (κ1) is 8.97. The summed E-state index contributed by atoms with van der Waals surface area (Å²) in [6.45, 7) is 3.62. The first-order chi connectivity index (χ1) is 5.57. The zero-order valence-electron chi connectivity index (χ0n) is 7.51. The highest BCUT2D eigenvalue weighted by molar-refractivity contribution is 6.10. The van der Waals surface area contributed by atoms with Gasteiger partial charge in [0, 0.05) is 0 Å². The lowest BCUT2D eigenvalue weighted by molar-refractivity contribution is -0.147. The van der Waals surface area contributed by atoms with Crippen LogP contribution in [0.15, 0.2) is 11.1 Å². The molecule has 0 aromatic heterocycles. The number of hydrogen-bond acceptors (Lipinski definition) is 3. The number of carbonyl (C=O) groups excluding carboxylic acids is 2. The van der Waals surface area contributed by atoms with Crippen molar-refractivity contribution in [1.82, 2.24) is 0 Å². The third-order valence-corrected chi connectivity index (χ3v) is 2.32. The van der Waals surface area contributed by atoms with E-state index in [4.69, 9.17) is 0 Å². The molecule has 0 amide bonds. The second-order valence-electron chi connectivity index (χ2n) is 3.05. The summed E-state index contributed by atoms with van der Waals surface area (Å²) < 4.78 is 4.51. The fourth-order valence-electron chi connectivity index (χ4n) is 1.36. The fourth-order valence-corrected chi connectivity index (χ4v) is 1.36. The largest absolute Gasteiger partial charge is 0.468 e. The number of carbonyl (C=O) groups is 2. The molecule has 3 heteroatoms. The molecule has 3 nitrogen and oxygen atoms in total. The minimum atomic E-state index is -0.574. The Bertz CT molecular complexity index is 263. The summed E-state index contributed by atoms with van der Waals surface area (Å²) in [7, 11) is 1.30. The number of methoxy groups -OCH3 is 1. The van der Waals surface area contributed by atoms with Crippen molar-refractivity contribution in [3.8, 4) is 0 Å². The van der Waals surface area contributed by atoms with Crippen LogP contribution in [0.25, 0.3) is 0 Å². The minimum Gasteiger partial charge on any atom is -0.468 e. The van der Waals surface area contributed by atoms with Crippen molar-refractivity contribution >= 4 is 11.8 Å². The van der Waals surface area contributed by atoms with Crippen molar-refractivity contribution in [2.45, 2.75) is 20.3 Å². The molecule has 66 valence electrons. The number of hydrogen-bond donors (Lipinski definition) is 0. The third-order valence-electron chi connectivity index (χ3n) is 2.32. The molecule has 0 bridgehead atoms. The van der Waals surface area contributed by atoms with E-state index in [9.17, 15) is 9.59 Å². The second-order valence-corrected chi connectivity index (χ2v) is 3.05. The van der Waals surface area contributed by atoms with Crippen LogP contribution in [-0.4, -0.2) is 18.9 Å². The van der Waals surface area contributed by atoms with Gasteiger partial charge < -0.3 is 4.74 Å². The van der Waals surface area contributed by atoms with E-state index in [1.54, 1.807) is 6.92 Å². The highest BCUT2D eigenvalue weighted by Crippen LogP contribution is 2.28. The molecule has 1 atom stereocenters. The summed E-state index contributed by atoms with van der Waals surface area (Å²) in [4.78, 5) is 22.4. The quantitative estimate of drug-likeness (QED) is 0.434. The molecule has 1 aliphatic carbocycles. The van der Waals surface area contributed by atoms with Crippen LogP contribution in [0.1, 0.15) is 20.3 Å². The number of ketones is 1. The average molecular weight is 168 g/mol. The van der Waals surface area contributed by atoms with E-state index in [0.717, 1.165) is 5.57 Å². The number of ether oxygens (including phenoxy) is 1. The lowest BCUT2D eigenvalue weighted by Crippen LogP contribution is -2.21. The Morgan fingerprint density at radius 1 is 1.50 bits per heavy atom. The summed E-state index contributed by atoms with van der Waals surface area (Å²) in [6.07, 6.45) is 0.525. The van der Waals surface area contributed by atoms with E-state index < -0.39 is 11.9 Å². The van der Waals surface area contributed by atoms with E-state index in [-0.39, 0.29) is 5.78 Å². The van der Waals surface area contributed by atoms with Crippen molar-refractivity contribution in [3.63, 3.8) is 0 Å². The van der Waals surface area contributed by atoms with E-state index >= 15 is 0 Å². The summed E-state index contributed by atoms with van der Waals surface area (Å²) >= 11 is 0. The predicted molar refractivity (Wildman–Crippen MR) is 43.5 cm³/mol. The van der Waals surface area contributed by atoms with Gasteiger partial charge in [-0.2, -0.15) is 0 Å². The fraction of sp³-hybridized carbons (Fsp3) is 0.556. The maximum Gasteiger partial charge on any atom is 0.316 e. The third kappa shape index (κ3) is 1.26. The molecular formula is C9H12O3. The van der Waals surface area contributed by atoms with Crippen molar-refractivity contribution < 1.29 is 14.3 Å². The van der Waals surface area contributed by atoms with Gasteiger partial charge in [0.05, 0.1) is 7.11 Å². The van der Waals surface area contributed by atoms with Crippen LogP contribution >= 0.6 is 0 Å². The molecule has 0 spiro atoms. The highest BCUT2D eigenvalue weighted by atomic mass is 16.5. The Kier molecular flexibility index (Phi) is 2.31. The molecule has 1 rings (SSSR count). The smallest absolute Gasteiger partial charge is 0.316 e. The van der Waals surface area contributed by atoms with Crippen LogP contribution in [0.3, 0.4) is 0 Å². The molecule has 0 N–H and O–H groups in total. The predicted octanol–water partition coefficient (Wildman–Crippen LogP) is 1.08. The molecule has 0 aliphatic heterocycles. The molecule has 12 heavy (non-hydrogen) atoms. The first-order valence-electron chi connectivity index (χ1n) is 3.86. The zero-order valence-corrected chi connectivity index (χ0v) is 7.51. The van der Waals surface area contributed by atoms with Gasteiger partial charge in [-0.15, -0.1) is 0 Å². The van der Waals surface area contributed by atoms with Gasteiger partial charge in [0.15, 0.2) is 5.78 Å². The lowest BCUT2D eigenvalue weighted by atomic mass is 10.0. The van der Waals surface area contributed by atoms with E-state index in [2.05, 4.69) is 4.74 Å². The molecule has 1 aliphatic rings. The van der Waals surface area contributed by atoms with Gasteiger partial charge in [0.1, 0.15) is 5.92 Å². The normalized spacial score (nSPS) is 23.2. The number of esters is 1. The van der Waals surface area contributed by atoms with Gasteiger partial charge in [0.25, 0.3) is 0 Å². The number of rotatable bonds is 1. The maximum absolute atomic E-state index is 11.4. The molecule has 0 heterocycles. The van der Waals surface area contributed by atoms with Crippen molar-refractivity contribution in [1.29, 1.82) is 0 Å². The SMILES string of the molecule is COC(=O)C1CC(C)=C(C)C1=O. The van der Waals surface area contributed by atoms with Crippen molar-refractivity contribution in [2.24, 2.45) is 5.92 Å². The van der Waals surface area contributed by atoms with Crippen LogP contribution in [0, 0.1) is 5.92 Å². The Morgan fingerprint density at radius 3 is 2.42 bits per heavy atom. The van der Waals surface area contributed by atoms with Crippen LogP contribution in [0.4, 0.5) is 0 Å². The van der Waals surface area contributed by atoms with E-state index in [0.29, 0.717) is 12.0 Å².